The smallest absolute Gasteiger partial charge is 0.116 e. The molecule has 4 nitrogen and oxygen atoms in total. The van der Waals surface area contributed by atoms with Gasteiger partial charge in [-0.25, -0.2) is 9.97 Å². The molecule has 2 aromatic rings. The van der Waals surface area contributed by atoms with Gasteiger partial charge >= 0.3 is 0 Å². The maximum atomic E-state index is 4.47. The fourth-order valence-electron chi connectivity index (χ4n) is 1.58. The van der Waals surface area contributed by atoms with Crippen molar-refractivity contribution in [3.8, 4) is 0 Å². The summed E-state index contributed by atoms with van der Waals surface area (Å²) in [4.78, 5) is 13.6. The van der Waals surface area contributed by atoms with Crippen molar-refractivity contribution in [3.63, 3.8) is 0 Å². The summed E-state index contributed by atoms with van der Waals surface area (Å²) in [5.41, 5.74) is 1.06. The van der Waals surface area contributed by atoms with Gasteiger partial charge in [-0.15, -0.1) is 0 Å². The Balaban J connectivity index is 2.04. The van der Waals surface area contributed by atoms with Crippen LogP contribution in [-0.2, 0) is 0 Å². The maximum Gasteiger partial charge on any atom is 0.116 e. The Bertz CT molecular complexity index is 472. The second-order valence-corrected chi connectivity index (χ2v) is 4.94. The molecule has 0 aromatic carbocycles. The van der Waals surface area contributed by atoms with Crippen molar-refractivity contribution in [2.75, 3.05) is 6.54 Å². The molecule has 0 aliphatic carbocycles. The molecule has 0 spiro atoms. The molecule has 2 rings (SSSR count). The van der Waals surface area contributed by atoms with Crippen LogP contribution in [0.5, 0.6) is 0 Å². The fraction of sp³-hybridized carbons (Fsp3) is 0.308. The van der Waals surface area contributed by atoms with Crippen molar-refractivity contribution in [1.82, 2.24) is 20.3 Å². The molecule has 0 aliphatic rings. The lowest BCUT2D eigenvalue weighted by Crippen LogP contribution is -2.18. The first-order valence-corrected chi connectivity index (χ1v) is 6.74. The Hall–Kier alpha value is -1.46. The van der Waals surface area contributed by atoms with Crippen LogP contribution < -0.4 is 5.32 Å². The highest BCUT2D eigenvalue weighted by Crippen LogP contribution is 2.25. The second kappa shape index (κ2) is 6.47. The van der Waals surface area contributed by atoms with Gasteiger partial charge in [-0.05, 0) is 31.7 Å². The molecule has 0 amide bonds. The first-order chi connectivity index (χ1) is 8.79. The SMILES string of the molecule is CCNC(C)c1ccc(Sc2ccncn2)cn1. The number of rotatable bonds is 5. The van der Waals surface area contributed by atoms with Crippen LogP contribution in [0.3, 0.4) is 0 Å². The van der Waals surface area contributed by atoms with Gasteiger partial charge in [0.15, 0.2) is 0 Å². The largest absolute Gasteiger partial charge is 0.309 e. The van der Waals surface area contributed by atoms with Gasteiger partial charge in [-0.2, -0.15) is 0 Å². The standard InChI is InChI=1S/C13H16N4S/c1-3-15-10(2)12-5-4-11(8-16-12)18-13-6-7-14-9-17-13/h4-10,15H,3H2,1-2H3. The molecular weight excluding hydrogens is 244 g/mol. The topological polar surface area (TPSA) is 50.7 Å². The van der Waals surface area contributed by atoms with Gasteiger partial charge < -0.3 is 5.32 Å². The third-order valence-corrected chi connectivity index (χ3v) is 3.42. The number of nitrogens with one attached hydrogen (secondary N) is 1. The molecule has 0 radical (unpaired) electrons. The number of aromatic nitrogens is 3. The Kier molecular flexibility index (Phi) is 4.66. The first-order valence-electron chi connectivity index (χ1n) is 5.92. The van der Waals surface area contributed by atoms with Gasteiger partial charge in [-0.3, -0.25) is 4.98 Å². The third kappa shape index (κ3) is 3.51. The van der Waals surface area contributed by atoms with Gasteiger partial charge in [0, 0.05) is 23.3 Å². The highest BCUT2D eigenvalue weighted by atomic mass is 32.2. The van der Waals surface area contributed by atoms with Crippen molar-refractivity contribution in [2.45, 2.75) is 29.8 Å². The second-order valence-electron chi connectivity index (χ2n) is 3.85. The number of hydrogen-bond donors (Lipinski definition) is 1. The van der Waals surface area contributed by atoms with E-state index in [0.717, 1.165) is 22.2 Å². The molecule has 5 heteroatoms. The van der Waals surface area contributed by atoms with E-state index in [4.69, 9.17) is 0 Å². The van der Waals surface area contributed by atoms with E-state index >= 15 is 0 Å². The number of nitrogens with zero attached hydrogens (tertiary/aromatic N) is 3. The summed E-state index contributed by atoms with van der Waals surface area (Å²) in [7, 11) is 0. The molecule has 0 saturated carbocycles. The van der Waals surface area contributed by atoms with Gasteiger partial charge in [0.25, 0.3) is 0 Å². The average molecular weight is 260 g/mol. The summed E-state index contributed by atoms with van der Waals surface area (Å²) in [5, 5.41) is 4.27. The van der Waals surface area contributed by atoms with Crippen LogP contribution in [0.2, 0.25) is 0 Å². The lowest BCUT2D eigenvalue weighted by Gasteiger charge is -2.11. The van der Waals surface area contributed by atoms with Crippen LogP contribution in [0.15, 0.2) is 46.8 Å². The van der Waals surface area contributed by atoms with E-state index in [1.807, 2.05) is 12.3 Å². The molecule has 2 heterocycles. The monoisotopic (exact) mass is 260 g/mol. The van der Waals surface area contributed by atoms with E-state index in [1.165, 1.54) is 0 Å². The first kappa shape index (κ1) is 13.0. The van der Waals surface area contributed by atoms with E-state index in [2.05, 4.69) is 46.2 Å². The van der Waals surface area contributed by atoms with Crippen LogP contribution in [0.25, 0.3) is 0 Å². The van der Waals surface area contributed by atoms with Crippen LogP contribution >= 0.6 is 11.8 Å². The predicted molar refractivity (Wildman–Crippen MR) is 72.5 cm³/mol. The lowest BCUT2D eigenvalue weighted by atomic mass is 10.2. The molecule has 0 saturated heterocycles. The van der Waals surface area contributed by atoms with Crippen LogP contribution in [0.4, 0.5) is 0 Å². The van der Waals surface area contributed by atoms with Crippen molar-refractivity contribution in [3.05, 3.63) is 42.6 Å². The molecule has 94 valence electrons. The van der Waals surface area contributed by atoms with E-state index in [1.54, 1.807) is 24.3 Å². The molecule has 0 bridgehead atoms. The maximum absolute atomic E-state index is 4.47. The minimum atomic E-state index is 0.285. The molecule has 2 aromatic heterocycles. The van der Waals surface area contributed by atoms with Crippen molar-refractivity contribution < 1.29 is 0 Å². The average Bonchev–Trinajstić information content (AvgIpc) is 2.41. The Labute approximate surface area is 111 Å². The zero-order valence-corrected chi connectivity index (χ0v) is 11.3. The summed E-state index contributed by atoms with van der Waals surface area (Å²) >= 11 is 1.59. The van der Waals surface area contributed by atoms with Crippen molar-refractivity contribution >= 4 is 11.8 Å². The van der Waals surface area contributed by atoms with Gasteiger partial charge in [0.1, 0.15) is 11.4 Å². The minimum Gasteiger partial charge on any atom is -0.309 e. The summed E-state index contributed by atoms with van der Waals surface area (Å²) in [6.07, 6.45) is 5.18. The molecular formula is C13H16N4S. The third-order valence-electron chi connectivity index (χ3n) is 2.49. The van der Waals surface area contributed by atoms with Crippen molar-refractivity contribution in [1.29, 1.82) is 0 Å². The summed E-state index contributed by atoms with van der Waals surface area (Å²) in [6.45, 7) is 5.15. The molecule has 1 unspecified atom stereocenters. The minimum absolute atomic E-state index is 0.285. The van der Waals surface area contributed by atoms with E-state index < -0.39 is 0 Å². The van der Waals surface area contributed by atoms with Crippen LogP contribution in [-0.4, -0.2) is 21.5 Å². The van der Waals surface area contributed by atoms with Gasteiger partial charge in [0.2, 0.25) is 0 Å². The molecule has 0 aliphatic heterocycles. The quantitative estimate of drug-likeness (QED) is 0.838. The molecule has 0 fully saturated rings. The van der Waals surface area contributed by atoms with Crippen molar-refractivity contribution in [2.24, 2.45) is 0 Å². The number of pyridine rings is 1. The molecule has 18 heavy (non-hydrogen) atoms. The summed E-state index contributed by atoms with van der Waals surface area (Å²) in [5.74, 6) is 0. The highest BCUT2D eigenvalue weighted by molar-refractivity contribution is 7.99. The van der Waals surface area contributed by atoms with E-state index in [-0.39, 0.29) is 6.04 Å². The predicted octanol–water partition coefficient (Wildman–Crippen LogP) is 2.69. The fourth-order valence-corrected chi connectivity index (χ4v) is 2.29. The number of hydrogen-bond acceptors (Lipinski definition) is 5. The highest BCUT2D eigenvalue weighted by Gasteiger charge is 2.05. The molecule has 1 N–H and O–H groups in total. The Morgan fingerprint density at radius 1 is 1.28 bits per heavy atom. The Morgan fingerprint density at radius 2 is 2.17 bits per heavy atom. The van der Waals surface area contributed by atoms with Crippen LogP contribution in [0, 0.1) is 0 Å². The summed E-state index contributed by atoms with van der Waals surface area (Å²) in [6, 6.07) is 6.30. The van der Waals surface area contributed by atoms with E-state index in [9.17, 15) is 0 Å². The van der Waals surface area contributed by atoms with E-state index in [0.29, 0.717) is 0 Å². The van der Waals surface area contributed by atoms with Crippen LogP contribution in [0.1, 0.15) is 25.6 Å². The Morgan fingerprint density at radius 3 is 2.78 bits per heavy atom. The summed E-state index contributed by atoms with van der Waals surface area (Å²) < 4.78 is 0. The zero-order valence-electron chi connectivity index (χ0n) is 10.5. The van der Waals surface area contributed by atoms with Gasteiger partial charge in [-0.1, -0.05) is 18.7 Å². The lowest BCUT2D eigenvalue weighted by molar-refractivity contribution is 0.582. The molecule has 1 atom stereocenters. The zero-order chi connectivity index (χ0) is 12.8. The van der Waals surface area contributed by atoms with Gasteiger partial charge in [0.05, 0.1) is 5.69 Å². The normalized spacial score (nSPS) is 12.3.